The fourth-order valence-corrected chi connectivity index (χ4v) is 2.22. The molecule has 1 fully saturated rings. The highest BCUT2D eigenvalue weighted by atomic mass is 79.9. The number of aliphatic hydroxyl groups excluding tert-OH is 1. The van der Waals surface area contributed by atoms with Gasteiger partial charge in [0.15, 0.2) is 0 Å². The van der Waals surface area contributed by atoms with Gasteiger partial charge in [-0.15, -0.1) is 0 Å². The molecule has 1 atom stereocenters. The number of benzene rings is 1. The first-order valence-corrected chi connectivity index (χ1v) is 6.57. The van der Waals surface area contributed by atoms with Gasteiger partial charge in [0.1, 0.15) is 5.75 Å². The van der Waals surface area contributed by atoms with Gasteiger partial charge in [0.25, 0.3) is 0 Å². The normalized spacial score (nSPS) is 17.9. The summed E-state index contributed by atoms with van der Waals surface area (Å²) in [7, 11) is 0. The van der Waals surface area contributed by atoms with Crippen LogP contribution < -0.4 is 4.74 Å². The van der Waals surface area contributed by atoms with Gasteiger partial charge in [-0.05, 0) is 49.9 Å². The number of halogens is 1. The average molecular weight is 285 g/mol. The molecule has 88 valence electrons. The van der Waals surface area contributed by atoms with Gasteiger partial charge in [0.2, 0.25) is 0 Å². The molecule has 3 heteroatoms. The van der Waals surface area contributed by atoms with E-state index in [0.29, 0.717) is 12.5 Å². The third-order valence-electron chi connectivity index (χ3n) is 2.88. The fourth-order valence-electron chi connectivity index (χ4n) is 1.81. The van der Waals surface area contributed by atoms with Crippen LogP contribution in [0.1, 0.15) is 31.7 Å². The van der Waals surface area contributed by atoms with Crippen LogP contribution in [0.2, 0.25) is 0 Å². The van der Waals surface area contributed by atoms with Crippen molar-refractivity contribution < 1.29 is 9.84 Å². The van der Waals surface area contributed by atoms with E-state index in [1.165, 1.54) is 6.42 Å². The lowest BCUT2D eigenvalue weighted by molar-refractivity contribution is 0.117. The Morgan fingerprint density at radius 2 is 2.25 bits per heavy atom. The molecule has 0 saturated heterocycles. The average Bonchev–Trinajstić information content (AvgIpc) is 2.12. The summed E-state index contributed by atoms with van der Waals surface area (Å²) in [4.78, 5) is 0. The second-order valence-electron chi connectivity index (χ2n) is 4.48. The Morgan fingerprint density at radius 3 is 2.81 bits per heavy atom. The Hall–Kier alpha value is -0.540. The fraction of sp³-hybridized carbons (Fsp3) is 0.538. The zero-order valence-corrected chi connectivity index (χ0v) is 11.0. The molecule has 0 amide bonds. The quantitative estimate of drug-likeness (QED) is 0.919. The number of ether oxygens (including phenoxy) is 1. The molecule has 0 radical (unpaired) electrons. The van der Waals surface area contributed by atoms with E-state index in [1.807, 2.05) is 18.2 Å². The van der Waals surface area contributed by atoms with Crippen LogP contribution in [0, 0.1) is 0 Å². The molecular formula is C13H17BrO2. The van der Waals surface area contributed by atoms with E-state index in [0.717, 1.165) is 28.6 Å². The number of hydrogen-bond donors (Lipinski definition) is 1. The van der Waals surface area contributed by atoms with E-state index in [1.54, 1.807) is 6.92 Å². The second-order valence-corrected chi connectivity index (χ2v) is 5.39. The molecule has 0 aliphatic heterocycles. The zero-order chi connectivity index (χ0) is 11.5. The van der Waals surface area contributed by atoms with E-state index in [9.17, 15) is 5.11 Å². The lowest BCUT2D eigenvalue weighted by Gasteiger charge is -2.27. The van der Waals surface area contributed by atoms with Crippen molar-refractivity contribution in [1.29, 1.82) is 0 Å². The Labute approximate surface area is 105 Å². The summed E-state index contributed by atoms with van der Waals surface area (Å²) in [5, 5.41) is 9.46. The Morgan fingerprint density at radius 1 is 1.50 bits per heavy atom. The summed E-state index contributed by atoms with van der Waals surface area (Å²) in [5.41, 5.74) is 1.08. The van der Waals surface area contributed by atoms with Crippen LogP contribution in [-0.4, -0.2) is 17.3 Å². The lowest BCUT2D eigenvalue weighted by Crippen LogP contribution is -2.25. The summed E-state index contributed by atoms with van der Waals surface area (Å²) in [6, 6.07) is 6.00. The second kappa shape index (κ2) is 5.19. The van der Waals surface area contributed by atoms with Crippen LogP contribution in [0.4, 0.5) is 0 Å². The van der Waals surface area contributed by atoms with Crippen LogP contribution in [0.15, 0.2) is 22.7 Å². The van der Waals surface area contributed by atoms with Crippen molar-refractivity contribution in [3.05, 3.63) is 28.2 Å². The maximum Gasteiger partial charge on any atom is 0.123 e. The van der Waals surface area contributed by atoms with E-state index >= 15 is 0 Å². The lowest BCUT2D eigenvalue weighted by atomic mass is 9.96. The molecule has 1 aromatic carbocycles. The minimum atomic E-state index is -0.335. The van der Waals surface area contributed by atoms with Gasteiger partial charge < -0.3 is 9.84 Å². The summed E-state index contributed by atoms with van der Waals surface area (Å²) < 4.78 is 6.94. The predicted octanol–water partition coefficient (Wildman–Crippen LogP) is 3.30. The van der Waals surface area contributed by atoms with Crippen LogP contribution >= 0.6 is 15.9 Å². The molecule has 1 unspecified atom stereocenters. The van der Waals surface area contributed by atoms with E-state index in [2.05, 4.69) is 15.9 Å². The molecule has 0 aromatic heterocycles. The molecule has 2 rings (SSSR count). The molecule has 1 saturated carbocycles. The predicted molar refractivity (Wildman–Crippen MR) is 67.8 cm³/mol. The topological polar surface area (TPSA) is 29.5 Å². The maximum atomic E-state index is 9.46. The highest BCUT2D eigenvalue weighted by molar-refractivity contribution is 9.10. The summed E-state index contributed by atoms with van der Waals surface area (Å²) >= 11 is 3.45. The maximum absolute atomic E-state index is 9.46. The van der Waals surface area contributed by atoms with Crippen LogP contribution in [0.5, 0.6) is 5.75 Å². The zero-order valence-electron chi connectivity index (χ0n) is 9.45. The van der Waals surface area contributed by atoms with Gasteiger partial charge >= 0.3 is 0 Å². The SMILES string of the molecule is CC(O)Cc1cc(Br)ccc1OC1CCC1. The molecule has 2 nitrogen and oxygen atoms in total. The molecular weight excluding hydrogens is 268 g/mol. The van der Waals surface area contributed by atoms with Gasteiger partial charge in [0.05, 0.1) is 12.2 Å². The molecule has 0 heterocycles. The molecule has 0 spiro atoms. The van der Waals surface area contributed by atoms with Crippen molar-refractivity contribution in [2.24, 2.45) is 0 Å². The molecule has 16 heavy (non-hydrogen) atoms. The van der Waals surface area contributed by atoms with Crippen molar-refractivity contribution >= 4 is 15.9 Å². The first kappa shape index (κ1) is 11.9. The molecule has 1 aliphatic carbocycles. The Bertz CT molecular complexity index is 359. The summed E-state index contributed by atoms with van der Waals surface area (Å²) in [6.45, 7) is 1.80. The highest BCUT2D eigenvalue weighted by Gasteiger charge is 2.20. The Balaban J connectivity index is 2.13. The van der Waals surface area contributed by atoms with Gasteiger partial charge in [-0.25, -0.2) is 0 Å². The molecule has 1 aliphatic rings. The third kappa shape index (κ3) is 2.98. The van der Waals surface area contributed by atoms with Crippen molar-refractivity contribution in [3.63, 3.8) is 0 Å². The number of aliphatic hydroxyl groups is 1. The summed E-state index contributed by atoms with van der Waals surface area (Å²) in [5.74, 6) is 0.925. The van der Waals surface area contributed by atoms with Gasteiger partial charge in [-0.2, -0.15) is 0 Å². The van der Waals surface area contributed by atoms with Crippen molar-refractivity contribution in [2.45, 2.75) is 44.8 Å². The standard InChI is InChI=1S/C13H17BrO2/c1-9(15)7-10-8-11(14)5-6-13(10)16-12-3-2-4-12/h5-6,8-9,12,15H,2-4,7H2,1H3. The van der Waals surface area contributed by atoms with E-state index in [4.69, 9.17) is 4.74 Å². The summed E-state index contributed by atoms with van der Waals surface area (Å²) in [6.07, 6.45) is 4.27. The van der Waals surface area contributed by atoms with Crippen LogP contribution in [0.25, 0.3) is 0 Å². The van der Waals surface area contributed by atoms with Gasteiger partial charge in [0, 0.05) is 10.9 Å². The van der Waals surface area contributed by atoms with Gasteiger partial charge in [-0.1, -0.05) is 15.9 Å². The van der Waals surface area contributed by atoms with E-state index < -0.39 is 0 Å². The molecule has 0 bridgehead atoms. The van der Waals surface area contributed by atoms with Crippen molar-refractivity contribution in [1.82, 2.24) is 0 Å². The Kier molecular flexibility index (Phi) is 3.87. The molecule has 1 N–H and O–H groups in total. The smallest absolute Gasteiger partial charge is 0.123 e. The number of rotatable bonds is 4. The number of hydrogen-bond acceptors (Lipinski definition) is 2. The van der Waals surface area contributed by atoms with E-state index in [-0.39, 0.29) is 6.10 Å². The molecule has 1 aromatic rings. The first-order valence-electron chi connectivity index (χ1n) is 5.78. The van der Waals surface area contributed by atoms with Crippen molar-refractivity contribution in [2.75, 3.05) is 0 Å². The van der Waals surface area contributed by atoms with Gasteiger partial charge in [-0.3, -0.25) is 0 Å². The minimum Gasteiger partial charge on any atom is -0.490 e. The van der Waals surface area contributed by atoms with Crippen LogP contribution in [0.3, 0.4) is 0 Å². The van der Waals surface area contributed by atoms with Crippen molar-refractivity contribution in [3.8, 4) is 5.75 Å². The first-order chi connectivity index (χ1) is 7.65. The third-order valence-corrected chi connectivity index (χ3v) is 3.38. The highest BCUT2D eigenvalue weighted by Crippen LogP contribution is 2.30. The monoisotopic (exact) mass is 284 g/mol. The largest absolute Gasteiger partial charge is 0.490 e. The van der Waals surface area contributed by atoms with Crippen LogP contribution in [-0.2, 0) is 6.42 Å². The minimum absolute atomic E-state index is 0.335.